The molecule has 0 unspecified atom stereocenters. The summed E-state index contributed by atoms with van der Waals surface area (Å²) in [5.74, 6) is 0. The van der Waals surface area contributed by atoms with Crippen LogP contribution in [0.25, 0.3) is 0 Å². The Labute approximate surface area is 115 Å². The van der Waals surface area contributed by atoms with Crippen LogP contribution in [0.4, 0.5) is 0 Å². The van der Waals surface area contributed by atoms with Gasteiger partial charge >= 0.3 is 0 Å². The minimum atomic E-state index is -3.49. The molecule has 1 N–H and O–H groups in total. The van der Waals surface area contributed by atoms with E-state index in [4.69, 9.17) is 5.11 Å². The normalized spacial score (nSPS) is 16.6. The highest BCUT2D eigenvalue weighted by Crippen LogP contribution is 2.30. The van der Waals surface area contributed by atoms with Crippen molar-refractivity contribution in [1.29, 1.82) is 0 Å². The van der Waals surface area contributed by atoms with Gasteiger partial charge in [0, 0.05) is 12.6 Å². The predicted octanol–water partition coefficient (Wildman–Crippen LogP) is 1.84. The van der Waals surface area contributed by atoms with Crippen molar-refractivity contribution in [3.05, 3.63) is 29.3 Å². The standard InChI is InChI=1S/C14H21NO3S/c1-11-6-7-14(10-12(11)2)19(17,18)15(8-9-16)13-4-3-5-13/h6-7,10,13,16H,3-5,8-9H2,1-2H3. The van der Waals surface area contributed by atoms with E-state index in [9.17, 15) is 8.42 Å². The third kappa shape index (κ3) is 2.83. The van der Waals surface area contributed by atoms with Crippen LogP contribution in [0, 0.1) is 13.8 Å². The SMILES string of the molecule is Cc1ccc(S(=O)(=O)N(CCO)C2CCC2)cc1C. The van der Waals surface area contributed by atoms with Crippen LogP contribution < -0.4 is 0 Å². The Morgan fingerprint density at radius 3 is 2.42 bits per heavy atom. The zero-order valence-electron chi connectivity index (χ0n) is 11.5. The summed E-state index contributed by atoms with van der Waals surface area (Å²) in [7, 11) is -3.49. The monoisotopic (exact) mass is 283 g/mol. The van der Waals surface area contributed by atoms with E-state index in [1.165, 1.54) is 4.31 Å². The summed E-state index contributed by atoms with van der Waals surface area (Å²) in [5, 5.41) is 9.11. The molecule has 0 aromatic heterocycles. The predicted molar refractivity (Wildman–Crippen MR) is 74.5 cm³/mol. The van der Waals surface area contributed by atoms with Crippen molar-refractivity contribution in [3.63, 3.8) is 0 Å². The second-order valence-electron chi connectivity index (χ2n) is 5.17. The second-order valence-corrected chi connectivity index (χ2v) is 7.06. The van der Waals surface area contributed by atoms with Gasteiger partial charge in [-0.25, -0.2) is 8.42 Å². The van der Waals surface area contributed by atoms with E-state index in [-0.39, 0.29) is 19.2 Å². The maximum atomic E-state index is 12.6. The molecule has 1 aromatic carbocycles. The first-order valence-electron chi connectivity index (χ1n) is 6.67. The average Bonchev–Trinajstić information content (AvgIpc) is 2.29. The van der Waals surface area contributed by atoms with Crippen LogP contribution in [0.15, 0.2) is 23.1 Å². The minimum absolute atomic E-state index is 0.0544. The highest BCUT2D eigenvalue weighted by Gasteiger charge is 2.34. The van der Waals surface area contributed by atoms with Gasteiger partial charge in [-0.15, -0.1) is 0 Å². The molecule has 1 fully saturated rings. The van der Waals surface area contributed by atoms with Crippen LogP contribution in [0.1, 0.15) is 30.4 Å². The lowest BCUT2D eigenvalue weighted by molar-refractivity contribution is 0.178. The fourth-order valence-electron chi connectivity index (χ4n) is 2.28. The van der Waals surface area contributed by atoms with E-state index < -0.39 is 10.0 Å². The van der Waals surface area contributed by atoms with Gasteiger partial charge in [-0.1, -0.05) is 12.5 Å². The molecule has 0 amide bonds. The lowest BCUT2D eigenvalue weighted by Crippen LogP contribution is -2.45. The molecule has 1 aliphatic rings. The van der Waals surface area contributed by atoms with Gasteiger partial charge in [-0.3, -0.25) is 0 Å². The molecule has 0 aliphatic heterocycles. The molecule has 0 saturated heterocycles. The summed E-state index contributed by atoms with van der Waals surface area (Å²) in [4.78, 5) is 0.330. The van der Waals surface area contributed by atoms with E-state index in [1.54, 1.807) is 12.1 Å². The fraction of sp³-hybridized carbons (Fsp3) is 0.571. The summed E-state index contributed by atoms with van der Waals surface area (Å²) in [6.45, 7) is 3.91. The van der Waals surface area contributed by atoms with Crippen LogP contribution in [0.2, 0.25) is 0 Å². The van der Waals surface area contributed by atoms with E-state index in [1.807, 2.05) is 19.9 Å². The highest BCUT2D eigenvalue weighted by atomic mass is 32.2. The van der Waals surface area contributed by atoms with E-state index in [0.717, 1.165) is 30.4 Å². The number of aliphatic hydroxyl groups is 1. The number of hydrogen-bond donors (Lipinski definition) is 1. The first-order valence-corrected chi connectivity index (χ1v) is 8.11. The maximum absolute atomic E-state index is 12.6. The molecule has 0 spiro atoms. The number of sulfonamides is 1. The van der Waals surface area contributed by atoms with Crippen molar-refractivity contribution in [2.75, 3.05) is 13.2 Å². The van der Waals surface area contributed by atoms with Crippen LogP contribution in [-0.2, 0) is 10.0 Å². The number of hydrogen-bond acceptors (Lipinski definition) is 3. The summed E-state index contributed by atoms with van der Waals surface area (Å²) in [6, 6.07) is 5.26. The first-order chi connectivity index (χ1) is 8.96. The number of aryl methyl sites for hydroxylation is 2. The Balaban J connectivity index is 2.35. The first kappa shape index (κ1) is 14.5. The molecule has 106 valence electrons. The number of aliphatic hydroxyl groups excluding tert-OH is 1. The van der Waals surface area contributed by atoms with Crippen molar-refractivity contribution >= 4 is 10.0 Å². The Morgan fingerprint density at radius 1 is 1.26 bits per heavy atom. The summed E-state index contributed by atoms with van der Waals surface area (Å²) in [5.41, 5.74) is 2.05. The quantitative estimate of drug-likeness (QED) is 0.897. The fourth-order valence-corrected chi connectivity index (χ4v) is 4.04. The smallest absolute Gasteiger partial charge is 0.243 e. The van der Waals surface area contributed by atoms with Gasteiger partial charge in [0.25, 0.3) is 0 Å². The molecule has 1 aromatic rings. The number of nitrogens with zero attached hydrogens (tertiary/aromatic N) is 1. The zero-order chi connectivity index (χ0) is 14.0. The summed E-state index contributed by atoms with van der Waals surface area (Å²) >= 11 is 0. The van der Waals surface area contributed by atoms with Crippen LogP contribution in [0.3, 0.4) is 0 Å². The molecule has 0 bridgehead atoms. The van der Waals surface area contributed by atoms with E-state index >= 15 is 0 Å². The van der Waals surface area contributed by atoms with Crippen molar-refractivity contribution in [3.8, 4) is 0 Å². The van der Waals surface area contributed by atoms with Gasteiger partial charge in [0.05, 0.1) is 11.5 Å². The third-order valence-corrected chi connectivity index (χ3v) is 5.84. The topological polar surface area (TPSA) is 57.6 Å². The average molecular weight is 283 g/mol. The van der Waals surface area contributed by atoms with Gasteiger partial charge < -0.3 is 5.11 Å². The number of benzene rings is 1. The molecule has 4 nitrogen and oxygen atoms in total. The third-order valence-electron chi connectivity index (χ3n) is 3.89. The van der Waals surface area contributed by atoms with Gasteiger partial charge in [-0.2, -0.15) is 4.31 Å². The number of rotatable bonds is 5. The van der Waals surface area contributed by atoms with Crippen molar-refractivity contribution in [2.24, 2.45) is 0 Å². The van der Waals surface area contributed by atoms with E-state index in [2.05, 4.69) is 0 Å². The molecular weight excluding hydrogens is 262 g/mol. The molecule has 0 radical (unpaired) electrons. The molecule has 1 aliphatic carbocycles. The lowest BCUT2D eigenvalue weighted by atomic mass is 9.93. The molecule has 19 heavy (non-hydrogen) atoms. The van der Waals surface area contributed by atoms with E-state index in [0.29, 0.717) is 4.90 Å². The van der Waals surface area contributed by atoms with Crippen molar-refractivity contribution in [2.45, 2.75) is 44.0 Å². The maximum Gasteiger partial charge on any atom is 0.243 e. The Bertz CT molecular complexity index is 550. The van der Waals surface area contributed by atoms with Crippen LogP contribution in [-0.4, -0.2) is 37.0 Å². The molecule has 1 saturated carbocycles. The Hall–Kier alpha value is -0.910. The largest absolute Gasteiger partial charge is 0.395 e. The lowest BCUT2D eigenvalue weighted by Gasteiger charge is -2.36. The summed E-state index contributed by atoms with van der Waals surface area (Å²) < 4.78 is 26.7. The molecule has 5 heteroatoms. The molecule has 2 rings (SSSR count). The molecule has 0 heterocycles. The van der Waals surface area contributed by atoms with Gasteiger partial charge in [0.1, 0.15) is 0 Å². The van der Waals surface area contributed by atoms with Crippen LogP contribution >= 0.6 is 0 Å². The zero-order valence-corrected chi connectivity index (χ0v) is 12.3. The summed E-state index contributed by atoms with van der Waals surface area (Å²) in [6.07, 6.45) is 2.85. The second kappa shape index (κ2) is 5.61. The minimum Gasteiger partial charge on any atom is -0.395 e. The van der Waals surface area contributed by atoms with Gasteiger partial charge in [0.15, 0.2) is 0 Å². The Kier molecular flexibility index (Phi) is 4.28. The van der Waals surface area contributed by atoms with Crippen LogP contribution in [0.5, 0.6) is 0 Å². The highest BCUT2D eigenvalue weighted by molar-refractivity contribution is 7.89. The Morgan fingerprint density at radius 2 is 1.95 bits per heavy atom. The van der Waals surface area contributed by atoms with Gasteiger partial charge in [0.2, 0.25) is 10.0 Å². The molecular formula is C14H21NO3S. The van der Waals surface area contributed by atoms with Crippen molar-refractivity contribution < 1.29 is 13.5 Å². The van der Waals surface area contributed by atoms with Crippen molar-refractivity contribution in [1.82, 2.24) is 4.31 Å². The van der Waals surface area contributed by atoms with Gasteiger partial charge in [-0.05, 0) is 49.9 Å². The molecule has 0 atom stereocenters.